The highest BCUT2D eigenvalue weighted by Gasteiger charge is 2.03. The number of rotatable bonds is 3. The third-order valence-corrected chi connectivity index (χ3v) is 3.38. The minimum absolute atomic E-state index is 0.391. The number of aromatic amines is 1. The summed E-state index contributed by atoms with van der Waals surface area (Å²) in [5.41, 5.74) is 3.87. The number of H-pyrrole nitrogens is 1. The normalized spacial score (nSPS) is 10.0. The average molecular weight is 272 g/mol. The Morgan fingerprint density at radius 2 is 1.81 bits per heavy atom. The standard InChI is InChI=1S/C17H12N4/c18-9-14-3-4-16(8-15(14)10-19)21-11-12-1-2-13-5-6-20-17(13)7-12/h1-8,20-21H,11H2. The van der Waals surface area contributed by atoms with Crippen molar-refractivity contribution in [3.8, 4) is 12.1 Å². The fraction of sp³-hybridized carbons (Fsp3) is 0.0588. The molecule has 0 radical (unpaired) electrons. The van der Waals surface area contributed by atoms with Crippen LogP contribution in [0.4, 0.5) is 5.69 Å². The smallest absolute Gasteiger partial charge is 0.101 e. The van der Waals surface area contributed by atoms with E-state index in [2.05, 4.69) is 28.5 Å². The van der Waals surface area contributed by atoms with Gasteiger partial charge >= 0.3 is 0 Å². The highest BCUT2D eigenvalue weighted by Crippen LogP contribution is 2.18. The largest absolute Gasteiger partial charge is 0.381 e. The Bertz CT molecular complexity index is 878. The topological polar surface area (TPSA) is 75.4 Å². The molecule has 0 bridgehead atoms. The summed E-state index contributed by atoms with van der Waals surface area (Å²) in [4.78, 5) is 3.18. The predicted octanol–water partition coefficient (Wildman–Crippen LogP) is 3.52. The van der Waals surface area contributed by atoms with Crippen molar-refractivity contribution >= 4 is 16.6 Å². The average Bonchev–Trinajstić information content (AvgIpc) is 3.00. The molecule has 21 heavy (non-hydrogen) atoms. The van der Waals surface area contributed by atoms with Crippen LogP contribution in [0.3, 0.4) is 0 Å². The molecule has 0 aliphatic carbocycles. The third-order valence-electron chi connectivity index (χ3n) is 3.38. The molecule has 0 aliphatic rings. The second-order valence-corrected chi connectivity index (χ2v) is 4.74. The number of aromatic nitrogens is 1. The molecule has 3 rings (SSSR count). The maximum atomic E-state index is 9.02. The molecule has 0 unspecified atom stereocenters. The van der Waals surface area contributed by atoms with Crippen molar-refractivity contribution in [3.05, 3.63) is 65.4 Å². The van der Waals surface area contributed by atoms with E-state index >= 15 is 0 Å². The minimum atomic E-state index is 0.391. The van der Waals surface area contributed by atoms with Gasteiger partial charge in [0.05, 0.1) is 11.1 Å². The maximum Gasteiger partial charge on any atom is 0.101 e. The van der Waals surface area contributed by atoms with Crippen LogP contribution in [0, 0.1) is 22.7 Å². The molecule has 0 aliphatic heterocycles. The van der Waals surface area contributed by atoms with E-state index in [4.69, 9.17) is 10.5 Å². The van der Waals surface area contributed by atoms with Crippen molar-refractivity contribution in [2.75, 3.05) is 5.32 Å². The predicted molar refractivity (Wildman–Crippen MR) is 81.5 cm³/mol. The van der Waals surface area contributed by atoms with Gasteiger partial charge in [-0.05, 0) is 41.3 Å². The molecule has 0 amide bonds. The van der Waals surface area contributed by atoms with Crippen LogP contribution in [0.2, 0.25) is 0 Å². The summed E-state index contributed by atoms with van der Waals surface area (Å²) < 4.78 is 0. The Morgan fingerprint density at radius 3 is 2.62 bits per heavy atom. The Morgan fingerprint density at radius 1 is 0.952 bits per heavy atom. The monoisotopic (exact) mass is 272 g/mol. The Hall–Kier alpha value is -3.24. The van der Waals surface area contributed by atoms with Gasteiger partial charge in [0.2, 0.25) is 0 Å². The van der Waals surface area contributed by atoms with E-state index in [-0.39, 0.29) is 0 Å². The zero-order chi connectivity index (χ0) is 14.7. The quantitative estimate of drug-likeness (QED) is 0.766. The van der Waals surface area contributed by atoms with Crippen molar-refractivity contribution in [2.24, 2.45) is 0 Å². The number of fused-ring (bicyclic) bond motifs is 1. The molecule has 0 fully saturated rings. The van der Waals surface area contributed by atoms with E-state index < -0.39 is 0 Å². The van der Waals surface area contributed by atoms with Gasteiger partial charge in [0.15, 0.2) is 0 Å². The SMILES string of the molecule is N#Cc1ccc(NCc2ccc3cc[nH]c3c2)cc1C#N. The molecule has 0 saturated carbocycles. The Labute approximate surface area is 122 Å². The lowest BCUT2D eigenvalue weighted by Crippen LogP contribution is -2.00. The molecule has 100 valence electrons. The summed E-state index contributed by atoms with van der Waals surface area (Å²) in [5.74, 6) is 0. The second kappa shape index (κ2) is 5.40. The lowest BCUT2D eigenvalue weighted by molar-refractivity contribution is 1.15. The zero-order valence-corrected chi connectivity index (χ0v) is 11.2. The molecule has 2 N–H and O–H groups in total. The summed E-state index contributed by atoms with van der Waals surface area (Å²) in [6, 6.07) is 17.5. The van der Waals surface area contributed by atoms with E-state index in [1.54, 1.807) is 12.1 Å². The van der Waals surface area contributed by atoms with Gasteiger partial charge in [-0.25, -0.2) is 0 Å². The summed E-state index contributed by atoms with van der Waals surface area (Å²) in [6.45, 7) is 0.658. The number of nitrogens with one attached hydrogen (secondary N) is 2. The van der Waals surface area contributed by atoms with Crippen molar-refractivity contribution in [3.63, 3.8) is 0 Å². The fourth-order valence-electron chi connectivity index (χ4n) is 2.25. The Kier molecular flexibility index (Phi) is 3.29. The number of benzene rings is 2. The van der Waals surface area contributed by atoms with Gasteiger partial charge in [-0.2, -0.15) is 10.5 Å². The second-order valence-electron chi connectivity index (χ2n) is 4.74. The van der Waals surface area contributed by atoms with Crippen LogP contribution in [0.1, 0.15) is 16.7 Å². The fourth-order valence-corrected chi connectivity index (χ4v) is 2.25. The lowest BCUT2D eigenvalue weighted by atomic mass is 10.1. The van der Waals surface area contributed by atoms with Crippen molar-refractivity contribution in [1.29, 1.82) is 10.5 Å². The van der Waals surface area contributed by atoms with E-state index in [1.165, 1.54) is 5.39 Å². The minimum Gasteiger partial charge on any atom is -0.381 e. The number of hydrogen-bond acceptors (Lipinski definition) is 3. The summed E-state index contributed by atoms with van der Waals surface area (Å²) in [6.07, 6.45) is 1.92. The van der Waals surface area contributed by atoms with Gasteiger partial charge < -0.3 is 10.3 Å². The van der Waals surface area contributed by atoms with Gasteiger partial charge in [0.1, 0.15) is 12.1 Å². The molecule has 3 aromatic rings. The number of nitriles is 2. The van der Waals surface area contributed by atoms with Crippen LogP contribution < -0.4 is 5.32 Å². The number of anilines is 1. The summed E-state index contributed by atoms with van der Waals surface area (Å²) in [5, 5.41) is 22.4. The molecule has 0 spiro atoms. The van der Waals surface area contributed by atoms with E-state index in [1.807, 2.05) is 30.5 Å². The molecule has 0 atom stereocenters. The van der Waals surface area contributed by atoms with Crippen molar-refractivity contribution < 1.29 is 0 Å². The molecule has 4 heteroatoms. The highest BCUT2D eigenvalue weighted by atomic mass is 14.9. The van der Waals surface area contributed by atoms with E-state index in [0.717, 1.165) is 16.8 Å². The lowest BCUT2D eigenvalue weighted by Gasteiger charge is -2.07. The van der Waals surface area contributed by atoms with Crippen molar-refractivity contribution in [1.82, 2.24) is 4.98 Å². The van der Waals surface area contributed by atoms with Crippen LogP contribution in [0.15, 0.2) is 48.7 Å². The third kappa shape index (κ3) is 2.56. The van der Waals surface area contributed by atoms with Crippen LogP contribution >= 0.6 is 0 Å². The van der Waals surface area contributed by atoms with Crippen LogP contribution in [-0.2, 0) is 6.54 Å². The summed E-state index contributed by atoms with van der Waals surface area (Å²) >= 11 is 0. The molecular weight excluding hydrogens is 260 g/mol. The van der Waals surface area contributed by atoms with Gasteiger partial charge in [0.25, 0.3) is 0 Å². The van der Waals surface area contributed by atoms with Gasteiger partial charge in [0, 0.05) is 23.9 Å². The number of hydrogen-bond donors (Lipinski definition) is 2. The molecule has 1 aromatic heterocycles. The Balaban J connectivity index is 1.78. The highest BCUT2D eigenvalue weighted by molar-refractivity contribution is 5.79. The van der Waals surface area contributed by atoms with Gasteiger partial charge in [-0.15, -0.1) is 0 Å². The molecule has 4 nitrogen and oxygen atoms in total. The van der Waals surface area contributed by atoms with Gasteiger partial charge in [-0.3, -0.25) is 0 Å². The first-order valence-electron chi connectivity index (χ1n) is 6.54. The van der Waals surface area contributed by atoms with Crippen LogP contribution in [0.25, 0.3) is 10.9 Å². The first-order valence-corrected chi connectivity index (χ1v) is 6.54. The zero-order valence-electron chi connectivity index (χ0n) is 11.2. The van der Waals surface area contributed by atoms with E-state index in [9.17, 15) is 0 Å². The molecule has 1 heterocycles. The first-order chi connectivity index (χ1) is 10.3. The van der Waals surface area contributed by atoms with Gasteiger partial charge in [-0.1, -0.05) is 12.1 Å². The van der Waals surface area contributed by atoms with Crippen LogP contribution in [-0.4, -0.2) is 4.98 Å². The molecule has 0 saturated heterocycles. The number of nitrogens with zero attached hydrogens (tertiary/aromatic N) is 2. The molecular formula is C17H12N4. The van der Waals surface area contributed by atoms with Crippen molar-refractivity contribution in [2.45, 2.75) is 6.54 Å². The summed E-state index contributed by atoms with van der Waals surface area (Å²) in [7, 11) is 0. The van der Waals surface area contributed by atoms with Crippen LogP contribution in [0.5, 0.6) is 0 Å². The molecule has 2 aromatic carbocycles. The first kappa shape index (κ1) is 12.8. The van der Waals surface area contributed by atoms with E-state index in [0.29, 0.717) is 17.7 Å². The maximum absolute atomic E-state index is 9.02.